The molecule has 0 saturated carbocycles. The van der Waals surface area contributed by atoms with E-state index in [1.807, 2.05) is 0 Å². The number of nitrogens with two attached hydrogens (primary N) is 1. The Hall–Kier alpha value is -1.03. The van der Waals surface area contributed by atoms with Crippen molar-refractivity contribution < 1.29 is 14.4 Å². The van der Waals surface area contributed by atoms with Gasteiger partial charge in [0.05, 0.1) is 6.04 Å². The predicted molar refractivity (Wildman–Crippen MR) is 43.2 cm³/mol. The highest BCUT2D eigenvalue weighted by atomic mass is 16.1. The molecule has 0 aromatic heterocycles. The molecule has 0 aromatic carbocycles. The first-order valence-electron chi connectivity index (χ1n) is 3.79. The monoisotopic (exact) mass is 170 g/mol. The van der Waals surface area contributed by atoms with E-state index in [4.69, 9.17) is 5.73 Å². The Balaban J connectivity index is 3.60. The Kier molecular flexibility index (Phi) is 6.09. The van der Waals surface area contributed by atoms with Crippen molar-refractivity contribution in [2.24, 2.45) is 5.73 Å². The van der Waals surface area contributed by atoms with Gasteiger partial charge in [-0.05, 0) is 6.42 Å². The SMILES string of the molecule is NC(CC[C]=O)C(=O)CCC=O. The molecule has 1 atom stereocenters. The lowest BCUT2D eigenvalue weighted by atomic mass is 10.0. The van der Waals surface area contributed by atoms with E-state index in [0.717, 1.165) is 0 Å². The summed E-state index contributed by atoms with van der Waals surface area (Å²) in [4.78, 5) is 30.7. The van der Waals surface area contributed by atoms with E-state index in [1.165, 1.54) is 0 Å². The second-order valence-electron chi connectivity index (χ2n) is 2.46. The molecule has 0 saturated heterocycles. The molecule has 0 aromatic rings. The van der Waals surface area contributed by atoms with Gasteiger partial charge in [-0.25, -0.2) is 0 Å². The Morgan fingerprint density at radius 3 is 2.75 bits per heavy atom. The molecule has 0 heterocycles. The van der Waals surface area contributed by atoms with Crippen LogP contribution in [0.4, 0.5) is 0 Å². The van der Waals surface area contributed by atoms with Gasteiger partial charge in [-0.3, -0.25) is 9.59 Å². The average Bonchev–Trinajstić information content (AvgIpc) is 2.10. The van der Waals surface area contributed by atoms with E-state index in [2.05, 4.69) is 0 Å². The van der Waals surface area contributed by atoms with Gasteiger partial charge in [0.1, 0.15) is 12.1 Å². The molecular weight excluding hydrogens is 158 g/mol. The van der Waals surface area contributed by atoms with Crippen molar-refractivity contribution in [1.82, 2.24) is 0 Å². The van der Waals surface area contributed by atoms with Crippen LogP contribution in [0.1, 0.15) is 25.7 Å². The number of hydrogen-bond donors (Lipinski definition) is 1. The number of aldehydes is 1. The zero-order valence-electron chi connectivity index (χ0n) is 6.79. The summed E-state index contributed by atoms with van der Waals surface area (Å²) in [6, 6.07) is -0.619. The molecule has 0 aliphatic rings. The van der Waals surface area contributed by atoms with Gasteiger partial charge in [-0.2, -0.15) is 0 Å². The molecule has 0 fully saturated rings. The van der Waals surface area contributed by atoms with Gasteiger partial charge >= 0.3 is 0 Å². The van der Waals surface area contributed by atoms with Crippen LogP contribution in [0.15, 0.2) is 0 Å². The summed E-state index contributed by atoms with van der Waals surface area (Å²) in [5, 5.41) is 0. The summed E-state index contributed by atoms with van der Waals surface area (Å²) in [5.74, 6) is -0.169. The van der Waals surface area contributed by atoms with Crippen molar-refractivity contribution in [3.63, 3.8) is 0 Å². The van der Waals surface area contributed by atoms with Crippen LogP contribution in [0.2, 0.25) is 0 Å². The van der Waals surface area contributed by atoms with Gasteiger partial charge in [0.15, 0.2) is 6.29 Å². The van der Waals surface area contributed by atoms with Crippen molar-refractivity contribution in [3.05, 3.63) is 0 Å². The summed E-state index contributed by atoms with van der Waals surface area (Å²) < 4.78 is 0. The molecular formula is C8H12NO3. The number of hydrogen-bond acceptors (Lipinski definition) is 4. The molecule has 0 aliphatic carbocycles. The third-order valence-electron chi connectivity index (χ3n) is 1.48. The standard InChI is InChI=1S/C8H12NO3/c9-7(3-1-5-10)8(12)4-2-6-11/h6-7H,1-4,9H2. The number of rotatable bonds is 7. The number of carbonyl (C=O) groups excluding carboxylic acids is 3. The molecule has 1 unspecified atom stereocenters. The van der Waals surface area contributed by atoms with E-state index in [1.54, 1.807) is 6.29 Å². The smallest absolute Gasteiger partial charge is 0.198 e. The van der Waals surface area contributed by atoms with Gasteiger partial charge in [-0.1, -0.05) is 0 Å². The molecule has 12 heavy (non-hydrogen) atoms. The first-order chi connectivity index (χ1) is 5.72. The molecule has 4 heteroatoms. The predicted octanol–water partition coefficient (Wildman–Crippen LogP) is -0.248. The lowest BCUT2D eigenvalue weighted by Gasteiger charge is -2.05. The van der Waals surface area contributed by atoms with Crippen LogP contribution in [0.5, 0.6) is 0 Å². The highest BCUT2D eigenvalue weighted by Gasteiger charge is 2.11. The molecule has 0 rings (SSSR count). The number of carbonyl (C=O) groups is 2. The quantitative estimate of drug-likeness (QED) is 0.534. The second kappa shape index (κ2) is 6.67. The lowest BCUT2D eigenvalue weighted by Crippen LogP contribution is -2.30. The summed E-state index contributed by atoms with van der Waals surface area (Å²) in [6.07, 6.45) is 3.21. The maximum Gasteiger partial charge on any atom is 0.198 e. The molecule has 2 N–H and O–H groups in total. The van der Waals surface area contributed by atoms with Crippen LogP contribution in [0, 0.1) is 0 Å². The van der Waals surface area contributed by atoms with E-state index < -0.39 is 6.04 Å². The van der Waals surface area contributed by atoms with Crippen LogP contribution in [0.3, 0.4) is 0 Å². The highest BCUT2D eigenvalue weighted by molar-refractivity contribution is 5.85. The van der Waals surface area contributed by atoms with Crippen molar-refractivity contribution in [3.8, 4) is 0 Å². The fourth-order valence-corrected chi connectivity index (χ4v) is 0.762. The van der Waals surface area contributed by atoms with Crippen LogP contribution < -0.4 is 5.73 Å². The van der Waals surface area contributed by atoms with E-state index in [-0.39, 0.29) is 25.0 Å². The van der Waals surface area contributed by atoms with Crippen molar-refractivity contribution in [2.75, 3.05) is 0 Å². The van der Waals surface area contributed by atoms with Crippen molar-refractivity contribution in [2.45, 2.75) is 31.7 Å². The summed E-state index contributed by atoms with van der Waals surface area (Å²) in [7, 11) is 0. The van der Waals surface area contributed by atoms with Gasteiger partial charge in [0, 0.05) is 19.3 Å². The molecule has 0 aliphatic heterocycles. The largest absolute Gasteiger partial charge is 0.321 e. The first-order valence-corrected chi connectivity index (χ1v) is 3.79. The molecule has 4 nitrogen and oxygen atoms in total. The van der Waals surface area contributed by atoms with Crippen molar-refractivity contribution in [1.29, 1.82) is 0 Å². The van der Waals surface area contributed by atoms with Gasteiger partial charge < -0.3 is 10.5 Å². The van der Waals surface area contributed by atoms with Crippen LogP contribution >= 0.6 is 0 Å². The topological polar surface area (TPSA) is 77.2 Å². The zero-order chi connectivity index (χ0) is 9.40. The van der Waals surface area contributed by atoms with Crippen molar-refractivity contribution >= 4 is 18.4 Å². The Morgan fingerprint density at radius 1 is 1.58 bits per heavy atom. The average molecular weight is 170 g/mol. The molecule has 1 radical (unpaired) electrons. The maximum absolute atomic E-state index is 11.0. The Morgan fingerprint density at radius 2 is 2.25 bits per heavy atom. The minimum atomic E-state index is -0.619. The highest BCUT2D eigenvalue weighted by Crippen LogP contribution is 1.98. The third kappa shape index (κ3) is 4.73. The maximum atomic E-state index is 11.0. The Labute approximate surface area is 71.1 Å². The minimum Gasteiger partial charge on any atom is -0.321 e. The zero-order valence-corrected chi connectivity index (χ0v) is 6.79. The number of ketones is 1. The van der Waals surface area contributed by atoms with Crippen LogP contribution in [0.25, 0.3) is 0 Å². The molecule has 67 valence electrons. The number of Topliss-reactive ketones (excluding diaryl/α,β-unsaturated/α-hetero) is 1. The fraction of sp³-hybridized carbons (Fsp3) is 0.625. The van der Waals surface area contributed by atoms with Crippen LogP contribution in [-0.4, -0.2) is 24.4 Å². The van der Waals surface area contributed by atoms with Gasteiger partial charge in [0.2, 0.25) is 0 Å². The van der Waals surface area contributed by atoms with E-state index in [0.29, 0.717) is 12.7 Å². The van der Waals surface area contributed by atoms with Crippen LogP contribution in [-0.2, 0) is 14.4 Å². The fourth-order valence-electron chi connectivity index (χ4n) is 0.762. The molecule has 0 spiro atoms. The van der Waals surface area contributed by atoms with E-state index >= 15 is 0 Å². The lowest BCUT2D eigenvalue weighted by molar-refractivity contribution is -0.121. The van der Waals surface area contributed by atoms with Gasteiger partial charge in [-0.15, -0.1) is 0 Å². The summed E-state index contributed by atoms with van der Waals surface area (Å²) in [5.41, 5.74) is 5.40. The molecule has 0 bridgehead atoms. The molecule has 0 amide bonds. The third-order valence-corrected chi connectivity index (χ3v) is 1.48. The second-order valence-corrected chi connectivity index (χ2v) is 2.46. The summed E-state index contributed by atoms with van der Waals surface area (Å²) in [6.45, 7) is 0. The minimum absolute atomic E-state index is 0.169. The summed E-state index contributed by atoms with van der Waals surface area (Å²) >= 11 is 0. The Bertz CT molecular complexity index is 168. The van der Waals surface area contributed by atoms with Gasteiger partial charge in [0.25, 0.3) is 0 Å². The van der Waals surface area contributed by atoms with E-state index in [9.17, 15) is 14.4 Å². The normalized spacial score (nSPS) is 12.1. The first kappa shape index (κ1) is 11.0.